The molecule has 1 atom stereocenters. The smallest absolute Gasteiger partial charge is 0.245 e. The Kier molecular flexibility index (Phi) is 7.12. The van der Waals surface area contributed by atoms with Gasteiger partial charge in [-0.3, -0.25) is 9.59 Å². The third-order valence-electron chi connectivity index (χ3n) is 4.82. The van der Waals surface area contributed by atoms with Crippen LogP contribution in [0.4, 0.5) is 0 Å². The van der Waals surface area contributed by atoms with Gasteiger partial charge in [0.15, 0.2) is 0 Å². The molecule has 10 nitrogen and oxygen atoms in total. The first-order valence-corrected chi connectivity index (χ1v) is 9.59. The number of tetrazole rings is 1. The number of benzene rings is 1. The molecule has 1 aromatic heterocycles. The Morgan fingerprint density at radius 1 is 1.31 bits per heavy atom. The van der Waals surface area contributed by atoms with Gasteiger partial charge in [0.1, 0.15) is 17.6 Å². The second-order valence-electron chi connectivity index (χ2n) is 6.78. The topological polar surface area (TPSA) is 111 Å². The summed E-state index contributed by atoms with van der Waals surface area (Å²) in [6.45, 7) is 4.29. The zero-order valence-corrected chi connectivity index (χ0v) is 16.7. The quantitative estimate of drug-likeness (QED) is 0.668. The van der Waals surface area contributed by atoms with E-state index >= 15 is 0 Å². The van der Waals surface area contributed by atoms with Crippen LogP contribution in [0.15, 0.2) is 24.3 Å². The van der Waals surface area contributed by atoms with Crippen LogP contribution in [0.1, 0.15) is 23.9 Å². The van der Waals surface area contributed by atoms with Crippen molar-refractivity contribution in [3.63, 3.8) is 0 Å². The van der Waals surface area contributed by atoms with Crippen LogP contribution in [0.2, 0.25) is 0 Å². The summed E-state index contributed by atoms with van der Waals surface area (Å²) in [5.41, 5.74) is 0.920. The summed E-state index contributed by atoms with van der Waals surface area (Å²) in [4.78, 5) is 26.9. The van der Waals surface area contributed by atoms with E-state index in [1.54, 1.807) is 18.9 Å². The van der Waals surface area contributed by atoms with Crippen molar-refractivity contribution in [2.75, 3.05) is 40.0 Å². The molecule has 0 saturated carbocycles. The first-order valence-electron chi connectivity index (χ1n) is 9.59. The molecule has 1 aliphatic rings. The minimum absolute atomic E-state index is 0.0107. The van der Waals surface area contributed by atoms with Gasteiger partial charge in [-0.1, -0.05) is 12.1 Å². The Hall–Kier alpha value is -3.01. The summed E-state index contributed by atoms with van der Waals surface area (Å²) in [6.07, 6.45) is 0.637. The van der Waals surface area contributed by atoms with E-state index in [0.29, 0.717) is 44.3 Å². The molecule has 1 fully saturated rings. The molecule has 0 unspecified atom stereocenters. The summed E-state index contributed by atoms with van der Waals surface area (Å²) >= 11 is 0. The average molecular weight is 402 g/mol. The van der Waals surface area contributed by atoms with Gasteiger partial charge in [0.2, 0.25) is 11.8 Å². The maximum atomic E-state index is 12.9. The lowest BCUT2D eigenvalue weighted by Crippen LogP contribution is -2.42. The first-order chi connectivity index (χ1) is 14.1. The number of carbonyl (C=O) groups excluding carboxylic acids is 2. The normalized spacial score (nSPS) is 15.0. The second kappa shape index (κ2) is 9.97. The van der Waals surface area contributed by atoms with Crippen LogP contribution < -0.4 is 10.1 Å². The Morgan fingerprint density at radius 3 is 2.79 bits per heavy atom. The van der Waals surface area contributed by atoms with E-state index in [9.17, 15) is 9.59 Å². The van der Waals surface area contributed by atoms with Gasteiger partial charge in [-0.15, -0.1) is 5.10 Å². The van der Waals surface area contributed by atoms with Gasteiger partial charge in [-0.2, -0.15) is 0 Å². The predicted octanol–water partition coefficient (Wildman–Crippen LogP) is 0.139. The number of nitrogens with one attached hydrogen (secondary N) is 1. The van der Waals surface area contributed by atoms with Crippen LogP contribution in [-0.4, -0.2) is 76.9 Å². The molecular weight excluding hydrogens is 376 g/mol. The molecule has 2 aromatic rings. The van der Waals surface area contributed by atoms with Crippen molar-refractivity contribution in [3.8, 4) is 5.75 Å². The number of ether oxygens (including phenoxy) is 2. The zero-order valence-electron chi connectivity index (χ0n) is 16.7. The molecular formula is C19H26N6O4. The van der Waals surface area contributed by atoms with Gasteiger partial charge in [0, 0.05) is 32.5 Å². The number of nitrogens with zero attached hydrogens (tertiary/aromatic N) is 5. The summed E-state index contributed by atoms with van der Waals surface area (Å²) in [6, 6.07) is 6.89. The lowest BCUT2D eigenvalue weighted by atomic mass is 10.0. The number of morpholine rings is 1. The van der Waals surface area contributed by atoms with E-state index in [1.165, 1.54) is 4.68 Å². The average Bonchev–Trinajstić information content (AvgIpc) is 3.18. The second-order valence-corrected chi connectivity index (χ2v) is 6.78. The third kappa shape index (κ3) is 5.50. The van der Waals surface area contributed by atoms with Gasteiger partial charge in [-0.05, 0) is 35.0 Å². The number of hydrogen-bond acceptors (Lipinski definition) is 7. The molecule has 3 rings (SSSR count). The summed E-state index contributed by atoms with van der Waals surface area (Å²) < 4.78 is 12.0. The predicted molar refractivity (Wildman–Crippen MR) is 103 cm³/mol. The Labute approximate surface area is 169 Å². The van der Waals surface area contributed by atoms with Crippen molar-refractivity contribution in [3.05, 3.63) is 35.7 Å². The molecule has 1 saturated heterocycles. The molecule has 29 heavy (non-hydrogen) atoms. The lowest BCUT2D eigenvalue weighted by Gasteiger charge is -2.27. The number of hydrogen-bond donors (Lipinski definition) is 1. The van der Waals surface area contributed by atoms with Crippen LogP contribution >= 0.6 is 0 Å². The van der Waals surface area contributed by atoms with Crippen molar-refractivity contribution >= 4 is 11.8 Å². The molecule has 10 heteroatoms. The SMILES string of the molecule is COc1cccc(C[C@H](C(=O)NCCC(=O)N2CCOCC2)n2nnnc2C)c1. The van der Waals surface area contributed by atoms with Crippen LogP contribution in [0.25, 0.3) is 0 Å². The van der Waals surface area contributed by atoms with Crippen molar-refractivity contribution in [1.82, 2.24) is 30.4 Å². The molecule has 0 aliphatic carbocycles. The zero-order chi connectivity index (χ0) is 20.6. The third-order valence-corrected chi connectivity index (χ3v) is 4.82. The Morgan fingerprint density at radius 2 is 2.10 bits per heavy atom. The molecule has 0 radical (unpaired) electrons. The van der Waals surface area contributed by atoms with Crippen molar-refractivity contribution in [2.45, 2.75) is 25.8 Å². The molecule has 2 heterocycles. The van der Waals surface area contributed by atoms with Crippen LogP contribution in [-0.2, 0) is 20.7 Å². The molecule has 0 bridgehead atoms. The highest BCUT2D eigenvalue weighted by Gasteiger charge is 2.25. The first kappa shape index (κ1) is 20.7. The summed E-state index contributed by atoms with van der Waals surface area (Å²) in [7, 11) is 1.60. The van der Waals surface area contributed by atoms with Crippen LogP contribution in [0.5, 0.6) is 5.75 Å². The van der Waals surface area contributed by atoms with Crippen molar-refractivity contribution < 1.29 is 19.1 Å². The van der Waals surface area contributed by atoms with E-state index in [2.05, 4.69) is 20.8 Å². The summed E-state index contributed by atoms with van der Waals surface area (Å²) in [5, 5.41) is 14.4. The van der Waals surface area contributed by atoms with E-state index < -0.39 is 6.04 Å². The minimum Gasteiger partial charge on any atom is -0.497 e. The number of methoxy groups -OCH3 is 1. The van der Waals surface area contributed by atoms with Gasteiger partial charge in [0.25, 0.3) is 0 Å². The Bertz CT molecular complexity index is 834. The standard InChI is InChI=1S/C19H26N6O4/c1-14-21-22-23-25(14)17(13-15-4-3-5-16(12-15)28-2)19(27)20-7-6-18(26)24-8-10-29-11-9-24/h3-5,12,17H,6-11,13H2,1-2H3,(H,20,27)/t17-/m1/s1. The maximum Gasteiger partial charge on any atom is 0.245 e. The largest absolute Gasteiger partial charge is 0.497 e. The maximum absolute atomic E-state index is 12.9. The monoisotopic (exact) mass is 402 g/mol. The molecule has 0 spiro atoms. The van der Waals surface area contributed by atoms with E-state index in [-0.39, 0.29) is 24.8 Å². The van der Waals surface area contributed by atoms with Gasteiger partial charge in [0.05, 0.1) is 20.3 Å². The van der Waals surface area contributed by atoms with E-state index in [0.717, 1.165) is 5.56 Å². The van der Waals surface area contributed by atoms with Crippen LogP contribution in [0, 0.1) is 6.92 Å². The molecule has 1 aromatic carbocycles. The summed E-state index contributed by atoms with van der Waals surface area (Å²) in [5.74, 6) is 1.03. The number of aromatic nitrogens is 4. The van der Waals surface area contributed by atoms with Gasteiger partial charge >= 0.3 is 0 Å². The molecule has 1 N–H and O–H groups in total. The van der Waals surface area contributed by atoms with E-state index in [4.69, 9.17) is 9.47 Å². The van der Waals surface area contributed by atoms with Crippen LogP contribution in [0.3, 0.4) is 0 Å². The van der Waals surface area contributed by atoms with E-state index in [1.807, 2.05) is 24.3 Å². The highest BCUT2D eigenvalue weighted by molar-refractivity contribution is 5.82. The fourth-order valence-corrected chi connectivity index (χ4v) is 3.22. The highest BCUT2D eigenvalue weighted by atomic mass is 16.5. The highest BCUT2D eigenvalue weighted by Crippen LogP contribution is 2.19. The fourth-order valence-electron chi connectivity index (χ4n) is 3.22. The van der Waals surface area contributed by atoms with Crippen molar-refractivity contribution in [2.24, 2.45) is 0 Å². The molecule has 2 amide bonds. The van der Waals surface area contributed by atoms with Gasteiger partial charge in [-0.25, -0.2) is 4.68 Å². The molecule has 156 valence electrons. The van der Waals surface area contributed by atoms with Gasteiger partial charge < -0.3 is 19.7 Å². The lowest BCUT2D eigenvalue weighted by molar-refractivity contribution is -0.135. The number of carbonyl (C=O) groups is 2. The minimum atomic E-state index is -0.629. The molecule has 1 aliphatic heterocycles. The fraction of sp³-hybridized carbons (Fsp3) is 0.526. The Balaban J connectivity index is 1.63. The number of amides is 2. The number of aryl methyl sites for hydroxylation is 1. The number of rotatable bonds is 8. The van der Waals surface area contributed by atoms with Crippen molar-refractivity contribution in [1.29, 1.82) is 0 Å².